The molecule has 0 aliphatic heterocycles. The van der Waals surface area contributed by atoms with Crippen molar-refractivity contribution in [2.45, 2.75) is 52.0 Å². The van der Waals surface area contributed by atoms with Gasteiger partial charge in [0.05, 0.1) is 24.8 Å². The lowest BCUT2D eigenvalue weighted by Gasteiger charge is -2.34. The standard InChI is InChI=1S/C22H29N3O3/c1-4-21(18(3)28-15-19-11-7-5-8-12-19)25(23-16-26)22(27)24-17(2)20-13-9-6-10-14-20/h5-14,16-18,21H,4,15H2,1-3H3,(H,23,26)(H,24,27)/t17-,18-,21+/m1/s1. The lowest BCUT2D eigenvalue weighted by Crippen LogP contribution is -2.57. The SMILES string of the molecule is CC[C@@H]([C@@H](C)OCc1ccccc1)N(NC=O)C(=O)N[C@H](C)c1ccccc1. The molecule has 28 heavy (non-hydrogen) atoms. The lowest BCUT2D eigenvalue weighted by molar-refractivity contribution is -0.115. The number of carbonyl (C=O) groups excluding carboxylic acids is 2. The molecule has 0 saturated carbocycles. The summed E-state index contributed by atoms with van der Waals surface area (Å²) in [4.78, 5) is 24.0. The van der Waals surface area contributed by atoms with Crippen molar-refractivity contribution < 1.29 is 14.3 Å². The Labute approximate surface area is 166 Å². The Morgan fingerprint density at radius 3 is 2.25 bits per heavy atom. The minimum absolute atomic E-state index is 0.192. The van der Waals surface area contributed by atoms with Gasteiger partial charge in [-0.25, -0.2) is 9.80 Å². The van der Waals surface area contributed by atoms with Gasteiger partial charge in [-0.1, -0.05) is 67.6 Å². The molecular formula is C22H29N3O3. The van der Waals surface area contributed by atoms with Crippen molar-refractivity contribution in [3.63, 3.8) is 0 Å². The topological polar surface area (TPSA) is 70.7 Å². The molecule has 0 bridgehead atoms. The average Bonchev–Trinajstić information content (AvgIpc) is 2.73. The number of ether oxygens (including phenoxy) is 1. The van der Waals surface area contributed by atoms with Crippen LogP contribution in [0.15, 0.2) is 60.7 Å². The van der Waals surface area contributed by atoms with Crippen molar-refractivity contribution in [1.29, 1.82) is 0 Å². The quantitative estimate of drug-likeness (QED) is 0.484. The molecule has 0 aliphatic rings. The molecule has 0 fully saturated rings. The first kappa shape index (κ1) is 21.4. The highest BCUT2D eigenvalue weighted by Crippen LogP contribution is 2.16. The largest absolute Gasteiger partial charge is 0.372 e. The fourth-order valence-electron chi connectivity index (χ4n) is 3.08. The number of urea groups is 1. The van der Waals surface area contributed by atoms with Crippen molar-refractivity contribution >= 4 is 12.4 Å². The van der Waals surface area contributed by atoms with Crippen LogP contribution in [0, 0.1) is 0 Å². The van der Waals surface area contributed by atoms with Gasteiger partial charge in [-0.15, -0.1) is 0 Å². The van der Waals surface area contributed by atoms with Crippen LogP contribution < -0.4 is 10.7 Å². The van der Waals surface area contributed by atoms with Gasteiger partial charge < -0.3 is 10.1 Å². The van der Waals surface area contributed by atoms with Crippen LogP contribution >= 0.6 is 0 Å². The molecule has 3 atom stereocenters. The highest BCUT2D eigenvalue weighted by atomic mass is 16.5. The van der Waals surface area contributed by atoms with Crippen molar-refractivity contribution in [3.8, 4) is 0 Å². The summed E-state index contributed by atoms with van der Waals surface area (Å²) in [5, 5.41) is 4.26. The van der Waals surface area contributed by atoms with E-state index >= 15 is 0 Å². The van der Waals surface area contributed by atoms with Gasteiger partial charge in [0.2, 0.25) is 6.41 Å². The Kier molecular flexibility index (Phi) is 8.49. The third-order valence-corrected chi connectivity index (χ3v) is 4.70. The maximum atomic E-state index is 12.8. The Morgan fingerprint density at radius 1 is 1.07 bits per heavy atom. The highest BCUT2D eigenvalue weighted by Gasteiger charge is 2.29. The number of nitrogens with zero attached hydrogens (tertiary/aromatic N) is 1. The van der Waals surface area contributed by atoms with Crippen molar-refractivity contribution in [2.75, 3.05) is 0 Å². The molecule has 6 heteroatoms. The molecular weight excluding hydrogens is 354 g/mol. The number of hydrogen-bond donors (Lipinski definition) is 2. The minimum Gasteiger partial charge on any atom is -0.372 e. The van der Waals surface area contributed by atoms with Crippen molar-refractivity contribution in [1.82, 2.24) is 15.8 Å². The van der Waals surface area contributed by atoms with Crippen LogP contribution in [-0.4, -0.2) is 29.6 Å². The lowest BCUT2D eigenvalue weighted by atomic mass is 10.1. The number of hydrogen-bond acceptors (Lipinski definition) is 3. The predicted octanol–water partition coefficient (Wildman–Crippen LogP) is 3.80. The summed E-state index contributed by atoms with van der Waals surface area (Å²) in [5.41, 5.74) is 4.58. The molecule has 150 valence electrons. The minimum atomic E-state index is -0.370. The first-order valence-electron chi connectivity index (χ1n) is 9.56. The summed E-state index contributed by atoms with van der Waals surface area (Å²) >= 11 is 0. The first-order chi connectivity index (χ1) is 13.6. The van der Waals surface area contributed by atoms with Gasteiger partial charge in [-0.2, -0.15) is 0 Å². The normalized spacial score (nSPS) is 13.8. The fraction of sp³-hybridized carbons (Fsp3) is 0.364. The van der Waals surface area contributed by atoms with E-state index in [0.717, 1.165) is 11.1 Å². The second-order valence-electron chi connectivity index (χ2n) is 6.68. The zero-order valence-corrected chi connectivity index (χ0v) is 16.7. The Morgan fingerprint density at radius 2 is 1.68 bits per heavy atom. The molecule has 0 aromatic heterocycles. The molecule has 0 radical (unpaired) electrons. The molecule has 0 spiro atoms. The Balaban J connectivity index is 2.03. The average molecular weight is 383 g/mol. The van der Waals surface area contributed by atoms with E-state index < -0.39 is 0 Å². The van der Waals surface area contributed by atoms with E-state index in [1.807, 2.05) is 81.4 Å². The van der Waals surface area contributed by atoms with Crippen molar-refractivity contribution in [2.24, 2.45) is 0 Å². The maximum absolute atomic E-state index is 12.8. The van der Waals surface area contributed by atoms with E-state index in [0.29, 0.717) is 19.4 Å². The molecule has 2 rings (SSSR count). The number of rotatable bonds is 10. The molecule has 2 N–H and O–H groups in total. The third kappa shape index (κ3) is 6.09. The zero-order valence-electron chi connectivity index (χ0n) is 16.7. The molecule has 2 aromatic carbocycles. The summed E-state index contributed by atoms with van der Waals surface area (Å²) in [6.45, 7) is 6.21. The van der Waals surface area contributed by atoms with Gasteiger partial charge in [-0.3, -0.25) is 10.2 Å². The summed E-state index contributed by atoms with van der Waals surface area (Å²) in [5.74, 6) is 0. The summed E-state index contributed by atoms with van der Waals surface area (Å²) < 4.78 is 5.97. The summed E-state index contributed by atoms with van der Waals surface area (Å²) in [7, 11) is 0. The number of benzene rings is 2. The van der Waals surface area contributed by atoms with E-state index in [1.54, 1.807) is 0 Å². The van der Waals surface area contributed by atoms with Gasteiger partial charge in [-0.05, 0) is 31.4 Å². The number of carbonyl (C=O) groups is 2. The molecule has 0 unspecified atom stereocenters. The van der Waals surface area contributed by atoms with E-state index in [4.69, 9.17) is 4.74 Å². The van der Waals surface area contributed by atoms with Crippen LogP contribution in [0.1, 0.15) is 44.4 Å². The molecule has 3 amide bonds. The van der Waals surface area contributed by atoms with Crippen LogP contribution in [0.4, 0.5) is 4.79 Å². The summed E-state index contributed by atoms with van der Waals surface area (Å²) in [6.07, 6.45) is 0.874. The number of amides is 3. The third-order valence-electron chi connectivity index (χ3n) is 4.70. The molecule has 0 aliphatic carbocycles. The van der Waals surface area contributed by atoms with Crippen molar-refractivity contribution in [3.05, 3.63) is 71.8 Å². The van der Waals surface area contributed by atoms with E-state index in [2.05, 4.69) is 10.7 Å². The van der Waals surface area contributed by atoms with Gasteiger partial charge >= 0.3 is 6.03 Å². The maximum Gasteiger partial charge on any atom is 0.336 e. The van der Waals surface area contributed by atoms with Crippen LogP contribution in [0.5, 0.6) is 0 Å². The highest BCUT2D eigenvalue weighted by molar-refractivity contribution is 5.76. The number of nitrogens with one attached hydrogen (secondary N) is 2. The smallest absolute Gasteiger partial charge is 0.336 e. The van der Waals surface area contributed by atoms with Gasteiger partial charge in [0.15, 0.2) is 0 Å². The predicted molar refractivity (Wildman–Crippen MR) is 109 cm³/mol. The molecule has 0 saturated heterocycles. The van der Waals surface area contributed by atoms with Crippen LogP contribution in [0.3, 0.4) is 0 Å². The number of hydrazine groups is 1. The van der Waals surface area contributed by atoms with E-state index in [9.17, 15) is 9.59 Å². The second kappa shape index (κ2) is 11.1. The first-order valence-corrected chi connectivity index (χ1v) is 9.56. The zero-order chi connectivity index (χ0) is 20.4. The van der Waals surface area contributed by atoms with Crippen LogP contribution in [0.2, 0.25) is 0 Å². The molecule has 6 nitrogen and oxygen atoms in total. The van der Waals surface area contributed by atoms with Crippen LogP contribution in [0.25, 0.3) is 0 Å². The molecule has 0 heterocycles. The van der Waals surface area contributed by atoms with Gasteiger partial charge in [0.25, 0.3) is 0 Å². The van der Waals surface area contributed by atoms with Gasteiger partial charge in [0.1, 0.15) is 0 Å². The van der Waals surface area contributed by atoms with E-state index in [1.165, 1.54) is 5.01 Å². The second-order valence-corrected chi connectivity index (χ2v) is 6.68. The monoisotopic (exact) mass is 383 g/mol. The Bertz CT molecular complexity index is 724. The molecule has 2 aromatic rings. The van der Waals surface area contributed by atoms with Crippen LogP contribution in [-0.2, 0) is 16.1 Å². The summed E-state index contributed by atoms with van der Waals surface area (Å²) in [6, 6.07) is 18.7. The van der Waals surface area contributed by atoms with E-state index in [-0.39, 0.29) is 24.2 Å². The Hall–Kier alpha value is -2.86. The fourth-order valence-corrected chi connectivity index (χ4v) is 3.08. The van der Waals surface area contributed by atoms with Gasteiger partial charge in [0, 0.05) is 0 Å².